The summed E-state index contributed by atoms with van der Waals surface area (Å²) < 4.78 is 14.6. The van der Waals surface area contributed by atoms with Gasteiger partial charge >= 0.3 is 0 Å². The summed E-state index contributed by atoms with van der Waals surface area (Å²) in [5.74, 6) is 3.67. The molecule has 0 fully saturated rings. The van der Waals surface area contributed by atoms with Gasteiger partial charge in [-0.3, -0.25) is 0 Å². The minimum atomic E-state index is -2.31. The lowest BCUT2D eigenvalue weighted by Crippen LogP contribution is -2.18. The first-order valence-corrected chi connectivity index (χ1v) is 6.66. The molecule has 15 heavy (non-hydrogen) atoms. The first-order chi connectivity index (χ1) is 6.77. The second-order valence-corrected chi connectivity index (χ2v) is 6.88. The van der Waals surface area contributed by atoms with E-state index in [0.717, 1.165) is 4.90 Å². The van der Waals surface area contributed by atoms with Gasteiger partial charge in [-0.05, 0) is 36.0 Å². The molecule has 1 rings (SSSR count). The van der Waals surface area contributed by atoms with E-state index in [1.54, 1.807) is 7.05 Å². The molecule has 0 saturated heterocycles. The van der Waals surface area contributed by atoms with Gasteiger partial charge in [0.25, 0.3) is 0 Å². The minimum absolute atomic E-state index is 0.125. The summed E-state index contributed by atoms with van der Waals surface area (Å²) in [7, 11) is -0.651. The van der Waals surface area contributed by atoms with E-state index in [1.807, 2.05) is 24.3 Å². The first-order valence-electron chi connectivity index (χ1n) is 4.93. The first kappa shape index (κ1) is 12.3. The van der Waals surface area contributed by atoms with Crippen LogP contribution >= 0.6 is 0 Å². The predicted molar refractivity (Wildman–Crippen MR) is 67.7 cm³/mol. The smallest absolute Gasteiger partial charge is 0.0530 e. The Kier molecular flexibility index (Phi) is 3.26. The topological polar surface area (TPSA) is 29.1 Å². The average Bonchev–Trinajstić information content (AvgIpc) is 2.17. The van der Waals surface area contributed by atoms with Crippen LogP contribution < -0.4 is 4.72 Å². The van der Waals surface area contributed by atoms with Crippen LogP contribution in [0.2, 0.25) is 0 Å². The van der Waals surface area contributed by atoms with Crippen LogP contribution in [0.4, 0.5) is 0 Å². The third kappa shape index (κ3) is 2.83. The van der Waals surface area contributed by atoms with Crippen molar-refractivity contribution in [2.75, 3.05) is 7.05 Å². The largest absolute Gasteiger partial charge is 0.248 e. The van der Waals surface area contributed by atoms with Gasteiger partial charge in [0, 0.05) is 4.90 Å². The molecule has 0 aliphatic heterocycles. The van der Waals surface area contributed by atoms with E-state index in [2.05, 4.69) is 31.4 Å². The molecule has 1 unspecified atom stereocenters. The average molecular weight is 225 g/mol. The van der Waals surface area contributed by atoms with Gasteiger partial charge in [0.2, 0.25) is 0 Å². The summed E-state index contributed by atoms with van der Waals surface area (Å²) in [6, 6.07) is 7.79. The van der Waals surface area contributed by atoms with Gasteiger partial charge in [-0.25, -0.2) is 8.93 Å². The number of hydrogen-bond donors (Lipinski definition) is 1. The molecule has 2 nitrogen and oxygen atoms in total. The van der Waals surface area contributed by atoms with E-state index in [0.29, 0.717) is 0 Å². The molecular weight excluding hydrogens is 206 g/mol. The Morgan fingerprint density at radius 3 is 2.00 bits per heavy atom. The van der Waals surface area contributed by atoms with Crippen molar-refractivity contribution in [2.45, 2.75) is 31.1 Å². The molecule has 0 amide bonds. The Morgan fingerprint density at radius 2 is 1.67 bits per heavy atom. The summed E-state index contributed by atoms with van der Waals surface area (Å²) in [6.45, 7) is 6.46. The van der Waals surface area contributed by atoms with Gasteiger partial charge in [0.1, 0.15) is 0 Å². The second kappa shape index (κ2) is 3.99. The van der Waals surface area contributed by atoms with Gasteiger partial charge in [0.05, 0.1) is 9.71 Å². The van der Waals surface area contributed by atoms with Crippen LogP contribution in [0.25, 0.3) is 0 Å². The van der Waals surface area contributed by atoms with E-state index in [9.17, 15) is 4.21 Å². The van der Waals surface area contributed by atoms with Gasteiger partial charge < -0.3 is 0 Å². The van der Waals surface area contributed by atoms with Crippen LogP contribution in [0.1, 0.15) is 26.3 Å². The summed E-state index contributed by atoms with van der Waals surface area (Å²) >= 11 is 0. The van der Waals surface area contributed by atoms with Gasteiger partial charge in [-0.15, -0.1) is 0 Å². The van der Waals surface area contributed by atoms with Crippen LogP contribution in [-0.4, -0.2) is 17.1 Å². The molecule has 1 atom stereocenters. The zero-order valence-electron chi connectivity index (χ0n) is 9.83. The molecule has 0 heterocycles. The van der Waals surface area contributed by atoms with E-state index >= 15 is 0 Å². The fourth-order valence-corrected chi connectivity index (χ4v) is 2.10. The van der Waals surface area contributed by atoms with Gasteiger partial charge in [-0.1, -0.05) is 32.9 Å². The van der Waals surface area contributed by atoms with Crippen LogP contribution in [0.15, 0.2) is 29.2 Å². The molecule has 0 spiro atoms. The maximum absolute atomic E-state index is 11.9. The number of nitrogens with one attached hydrogen (secondary N) is 1. The van der Waals surface area contributed by atoms with Crippen molar-refractivity contribution in [3.05, 3.63) is 29.8 Å². The Morgan fingerprint density at radius 1 is 1.20 bits per heavy atom. The Labute approximate surface area is 92.9 Å². The molecule has 1 aromatic carbocycles. The number of hydrogen-bond acceptors (Lipinski definition) is 1. The Bertz CT molecular complexity index is 424. The van der Waals surface area contributed by atoms with Crippen molar-refractivity contribution in [1.82, 2.24) is 4.72 Å². The monoisotopic (exact) mass is 225 g/mol. The molecule has 0 aliphatic carbocycles. The van der Waals surface area contributed by atoms with Crippen LogP contribution in [0, 0.1) is 0 Å². The normalized spacial score (nSPS) is 16.0. The lowest BCUT2D eigenvalue weighted by molar-refractivity contribution is 0.589. The molecule has 1 aromatic rings. The zero-order valence-corrected chi connectivity index (χ0v) is 10.6. The summed E-state index contributed by atoms with van der Waals surface area (Å²) in [6.07, 6.45) is 0. The summed E-state index contributed by atoms with van der Waals surface area (Å²) in [4.78, 5) is 0.748. The van der Waals surface area contributed by atoms with E-state index < -0.39 is 9.71 Å². The highest BCUT2D eigenvalue weighted by molar-refractivity contribution is 7.98. The van der Waals surface area contributed by atoms with Crippen LogP contribution in [0.3, 0.4) is 0 Å². The maximum Gasteiger partial charge on any atom is 0.0530 e. The van der Waals surface area contributed by atoms with Crippen molar-refractivity contribution >= 4 is 15.6 Å². The zero-order chi connectivity index (χ0) is 11.7. The molecule has 3 heteroatoms. The lowest BCUT2D eigenvalue weighted by atomic mass is 9.87. The summed E-state index contributed by atoms with van der Waals surface area (Å²) in [5.41, 5.74) is 1.36. The molecule has 0 aliphatic rings. The van der Waals surface area contributed by atoms with Crippen molar-refractivity contribution < 1.29 is 4.21 Å². The Balaban J connectivity index is 3.12. The van der Waals surface area contributed by atoms with Crippen LogP contribution in [0.5, 0.6) is 0 Å². The summed E-state index contributed by atoms with van der Waals surface area (Å²) in [5, 5.41) is 0. The minimum Gasteiger partial charge on any atom is -0.248 e. The number of benzene rings is 1. The second-order valence-electron chi connectivity index (χ2n) is 4.65. The molecule has 1 N–H and O–H groups in total. The highest BCUT2D eigenvalue weighted by Gasteiger charge is 2.13. The molecule has 0 aromatic heterocycles. The molecule has 0 radical (unpaired) electrons. The highest BCUT2D eigenvalue weighted by Crippen LogP contribution is 2.23. The van der Waals surface area contributed by atoms with Crippen molar-refractivity contribution in [1.29, 1.82) is 0 Å². The van der Waals surface area contributed by atoms with Crippen LogP contribution in [-0.2, 0) is 15.1 Å². The Hall–Kier alpha value is -0.800. The highest BCUT2D eigenvalue weighted by atomic mass is 32.2. The SMILES string of the molecule is C=S(=O)(NC)c1ccc(C(C)(C)C)cc1. The number of rotatable bonds is 2. The predicted octanol–water partition coefficient (Wildman–Crippen LogP) is 2.19. The fraction of sp³-hybridized carbons (Fsp3) is 0.417. The van der Waals surface area contributed by atoms with E-state index in [-0.39, 0.29) is 5.41 Å². The van der Waals surface area contributed by atoms with Gasteiger partial charge in [-0.2, -0.15) is 0 Å². The molecule has 84 valence electrons. The standard InChI is InChI=1S/C12H19NOS/c1-12(2,3)10-6-8-11(9-7-10)15(5,14)13-4/h6-9H,5H2,1-4H3,(H,13,14). The lowest BCUT2D eigenvalue weighted by Gasteiger charge is -2.19. The third-order valence-corrected chi connectivity index (χ3v) is 4.12. The van der Waals surface area contributed by atoms with E-state index in [4.69, 9.17) is 0 Å². The molecule has 0 saturated carbocycles. The van der Waals surface area contributed by atoms with Gasteiger partial charge in [0.15, 0.2) is 0 Å². The van der Waals surface area contributed by atoms with E-state index in [1.165, 1.54) is 5.56 Å². The van der Waals surface area contributed by atoms with Crippen molar-refractivity contribution in [3.63, 3.8) is 0 Å². The molecule has 0 bridgehead atoms. The van der Waals surface area contributed by atoms with Crippen molar-refractivity contribution in [3.8, 4) is 0 Å². The quantitative estimate of drug-likeness (QED) is 0.768. The maximum atomic E-state index is 11.9. The van der Waals surface area contributed by atoms with Crippen molar-refractivity contribution in [2.24, 2.45) is 0 Å². The molecular formula is C12H19NOS. The fourth-order valence-electron chi connectivity index (χ4n) is 1.29. The third-order valence-electron chi connectivity index (χ3n) is 2.43.